The average Bonchev–Trinajstić information content (AvgIpc) is 2.79. The molecule has 2 rings (SSSR count). The van der Waals surface area contributed by atoms with Crippen molar-refractivity contribution in [1.82, 2.24) is 16.3 Å². The van der Waals surface area contributed by atoms with Gasteiger partial charge in [-0.3, -0.25) is 32.2 Å². The number of hydrazine groups is 1. The summed E-state index contributed by atoms with van der Waals surface area (Å²) in [6.45, 7) is 1.74. The summed E-state index contributed by atoms with van der Waals surface area (Å²) in [7, 11) is 0. The molecule has 0 aliphatic carbocycles. The molecular weight excluding hydrogens is 406 g/mol. The van der Waals surface area contributed by atoms with Gasteiger partial charge in [-0.25, -0.2) is 10.2 Å². The van der Waals surface area contributed by atoms with Crippen LogP contribution in [0, 0.1) is 0 Å². The van der Waals surface area contributed by atoms with Crippen LogP contribution < -0.4 is 22.1 Å². The summed E-state index contributed by atoms with van der Waals surface area (Å²) in [5.74, 6) is 3.48. The van der Waals surface area contributed by atoms with Gasteiger partial charge >= 0.3 is 5.97 Å². The van der Waals surface area contributed by atoms with Crippen LogP contribution in [-0.4, -0.2) is 35.2 Å². The first-order valence-electron chi connectivity index (χ1n) is 8.66. The van der Waals surface area contributed by atoms with Gasteiger partial charge < -0.3 is 10.1 Å². The van der Waals surface area contributed by atoms with Crippen LogP contribution in [0.4, 0.5) is 0 Å². The standard InChI is InChI=1S/C13H12N3O3S.C7H8N2O/c1-2-19-13(18)10(8-14)12(20)16-15-11(17)9-6-4-3-5-7-9;8-9-7(10)6-4-2-1-3-5-6/h3-7H,2H2,1H3,(H,15,17)(H,16,20);1-5H,8H2,(H,9,10)/q-1;/p+1. The molecule has 0 spiro atoms. The molecular formula is C20H21N5O4S. The van der Waals surface area contributed by atoms with Crippen LogP contribution in [0.15, 0.2) is 66.2 Å². The molecule has 0 saturated carbocycles. The number of amides is 2. The van der Waals surface area contributed by atoms with Gasteiger partial charge in [0, 0.05) is 11.1 Å². The van der Waals surface area contributed by atoms with Crippen LogP contribution in [-0.2, 0) is 9.53 Å². The SMILES string of the molecule is CCOC(=O)C(=C=[N-])C(=S)NNC(=O)c1ccccc1.[NH3+]NC(=O)c1ccccc1. The second-order valence-electron chi connectivity index (χ2n) is 5.35. The normalized spacial score (nSPS) is 9.00. The van der Waals surface area contributed by atoms with Crippen LogP contribution in [0.1, 0.15) is 27.6 Å². The highest BCUT2D eigenvalue weighted by atomic mass is 32.1. The van der Waals surface area contributed by atoms with Crippen molar-refractivity contribution < 1.29 is 25.0 Å². The summed E-state index contributed by atoms with van der Waals surface area (Å²) in [5.41, 5.74) is 7.62. The highest BCUT2D eigenvalue weighted by molar-refractivity contribution is 7.80. The molecule has 0 aliphatic rings. The fraction of sp³-hybridized carbons (Fsp3) is 0.100. The van der Waals surface area contributed by atoms with Crippen LogP contribution >= 0.6 is 12.2 Å². The minimum Gasteiger partial charge on any atom is -0.762 e. The Morgan fingerprint density at radius 1 is 0.967 bits per heavy atom. The number of hydrogen-bond acceptors (Lipinski definition) is 5. The lowest BCUT2D eigenvalue weighted by Crippen LogP contribution is -2.67. The molecule has 0 bridgehead atoms. The third kappa shape index (κ3) is 8.03. The fourth-order valence-electron chi connectivity index (χ4n) is 1.92. The van der Waals surface area contributed by atoms with Gasteiger partial charge in [0.1, 0.15) is 10.6 Å². The minimum atomic E-state index is -0.832. The molecule has 30 heavy (non-hydrogen) atoms. The maximum atomic E-state index is 11.7. The Morgan fingerprint density at radius 3 is 1.90 bits per heavy atom. The number of hydrogen-bond donors (Lipinski definition) is 4. The van der Waals surface area contributed by atoms with Gasteiger partial charge in [-0.2, -0.15) is 0 Å². The third-order valence-corrected chi connectivity index (χ3v) is 3.65. The van der Waals surface area contributed by atoms with Crippen molar-refractivity contribution in [1.29, 1.82) is 0 Å². The molecule has 156 valence electrons. The molecule has 0 saturated heterocycles. The molecule has 0 aliphatic heterocycles. The number of thiocarbonyl (C=S) groups is 1. The monoisotopic (exact) mass is 427 g/mol. The lowest BCUT2D eigenvalue weighted by molar-refractivity contribution is -0.422. The fourth-order valence-corrected chi connectivity index (χ4v) is 2.10. The Balaban J connectivity index is 0.000000375. The summed E-state index contributed by atoms with van der Waals surface area (Å²) in [5, 5.41) is 8.85. The largest absolute Gasteiger partial charge is 0.762 e. The number of rotatable bonds is 5. The van der Waals surface area contributed by atoms with Crippen LogP contribution in [0.3, 0.4) is 0 Å². The molecule has 0 heterocycles. The molecule has 2 amide bonds. The molecule has 2 aromatic carbocycles. The topological polar surface area (TPSA) is 146 Å². The van der Waals surface area contributed by atoms with Crippen molar-refractivity contribution in [3.05, 3.63) is 82.8 Å². The van der Waals surface area contributed by atoms with Crippen molar-refractivity contribution in [2.75, 3.05) is 6.61 Å². The predicted molar refractivity (Wildman–Crippen MR) is 115 cm³/mol. The molecule has 0 atom stereocenters. The first kappa shape index (κ1) is 24.2. The van der Waals surface area contributed by atoms with Gasteiger partial charge in [-0.05, 0) is 31.2 Å². The summed E-state index contributed by atoms with van der Waals surface area (Å²) in [6.07, 6.45) is 0. The van der Waals surface area contributed by atoms with Gasteiger partial charge in [-0.1, -0.05) is 48.6 Å². The van der Waals surface area contributed by atoms with E-state index >= 15 is 0 Å². The molecule has 2 aromatic rings. The lowest BCUT2D eigenvalue weighted by atomic mass is 10.2. The van der Waals surface area contributed by atoms with Crippen molar-refractivity contribution in [3.8, 4) is 0 Å². The number of nitrogens with one attached hydrogen (secondary N) is 3. The van der Waals surface area contributed by atoms with Crippen LogP contribution in [0.2, 0.25) is 0 Å². The number of ether oxygens (including phenoxy) is 1. The number of carbonyl (C=O) groups excluding carboxylic acids is 3. The average molecular weight is 427 g/mol. The van der Waals surface area contributed by atoms with Gasteiger partial charge in [0.25, 0.3) is 11.8 Å². The highest BCUT2D eigenvalue weighted by Crippen LogP contribution is 1.99. The summed E-state index contributed by atoms with van der Waals surface area (Å²) in [4.78, 5) is 33.8. The Kier molecular flexibility index (Phi) is 10.8. The highest BCUT2D eigenvalue weighted by Gasteiger charge is 2.14. The lowest BCUT2D eigenvalue weighted by Gasteiger charge is -2.11. The number of carbonyl (C=O) groups is 3. The second-order valence-corrected chi connectivity index (χ2v) is 5.76. The van der Waals surface area contributed by atoms with Crippen molar-refractivity contribution in [2.45, 2.75) is 6.92 Å². The summed E-state index contributed by atoms with van der Waals surface area (Å²) in [6, 6.07) is 17.4. The molecule has 10 heteroatoms. The van der Waals surface area contributed by atoms with Crippen molar-refractivity contribution >= 4 is 40.9 Å². The van der Waals surface area contributed by atoms with E-state index < -0.39 is 11.9 Å². The smallest absolute Gasteiger partial charge is 0.347 e. The Labute approximate surface area is 178 Å². The van der Waals surface area contributed by atoms with E-state index in [0.717, 1.165) is 0 Å². The van der Waals surface area contributed by atoms with E-state index in [-0.39, 0.29) is 23.1 Å². The maximum absolute atomic E-state index is 11.7. The Hall–Kier alpha value is -3.85. The molecule has 0 fully saturated rings. The zero-order valence-corrected chi connectivity index (χ0v) is 17.0. The van der Waals surface area contributed by atoms with Gasteiger partial charge in [-0.15, -0.1) is 0 Å². The molecule has 0 unspecified atom stereocenters. The van der Waals surface area contributed by atoms with E-state index in [2.05, 4.69) is 26.9 Å². The quantitative estimate of drug-likeness (QED) is 0.180. The zero-order chi connectivity index (χ0) is 22.4. The molecule has 9 nitrogen and oxygen atoms in total. The zero-order valence-electron chi connectivity index (χ0n) is 16.2. The van der Waals surface area contributed by atoms with Crippen molar-refractivity contribution in [3.63, 3.8) is 0 Å². The number of esters is 1. The van der Waals surface area contributed by atoms with Crippen LogP contribution in [0.5, 0.6) is 0 Å². The molecule has 0 aromatic heterocycles. The number of benzene rings is 2. The number of nitrogens with zero attached hydrogens (tertiary/aromatic N) is 1. The van der Waals surface area contributed by atoms with E-state index in [1.165, 1.54) is 0 Å². The van der Waals surface area contributed by atoms with E-state index in [0.29, 0.717) is 11.1 Å². The van der Waals surface area contributed by atoms with E-state index in [4.69, 9.17) is 17.6 Å². The van der Waals surface area contributed by atoms with Gasteiger partial charge in [0.05, 0.1) is 6.61 Å². The molecule has 0 radical (unpaired) electrons. The minimum absolute atomic E-state index is 0.128. The van der Waals surface area contributed by atoms with E-state index in [9.17, 15) is 14.4 Å². The van der Waals surface area contributed by atoms with E-state index in [1.807, 2.05) is 18.2 Å². The van der Waals surface area contributed by atoms with Crippen LogP contribution in [0.25, 0.3) is 5.41 Å². The maximum Gasteiger partial charge on any atom is 0.347 e. The second kappa shape index (κ2) is 13.3. The van der Waals surface area contributed by atoms with Gasteiger partial charge in [0.15, 0.2) is 0 Å². The van der Waals surface area contributed by atoms with E-state index in [1.54, 1.807) is 55.3 Å². The third-order valence-electron chi connectivity index (χ3n) is 3.34. The summed E-state index contributed by atoms with van der Waals surface area (Å²) < 4.78 is 4.67. The number of quaternary nitrogens is 1. The Morgan fingerprint density at radius 2 is 1.47 bits per heavy atom. The van der Waals surface area contributed by atoms with Gasteiger partial charge in [0.2, 0.25) is 0 Å². The first-order chi connectivity index (χ1) is 14.4. The predicted octanol–water partition coefficient (Wildman–Crippen LogP) is 0.550. The molecule has 6 N–H and O–H groups in total. The summed E-state index contributed by atoms with van der Waals surface area (Å²) >= 11 is 4.85. The Bertz CT molecular complexity index is 929. The van der Waals surface area contributed by atoms with Crippen molar-refractivity contribution in [2.24, 2.45) is 0 Å². The first-order valence-corrected chi connectivity index (χ1v) is 9.07.